The zero-order valence-corrected chi connectivity index (χ0v) is 10.1. The molecule has 13 heavy (non-hydrogen) atoms. The van der Waals surface area contributed by atoms with Crippen LogP contribution < -0.4 is 0 Å². The second-order valence-corrected chi connectivity index (χ2v) is 4.99. The van der Waals surface area contributed by atoms with Crippen LogP contribution in [0.1, 0.15) is 32.6 Å². The van der Waals surface area contributed by atoms with Crippen LogP contribution in [0.3, 0.4) is 0 Å². The molecule has 0 aromatic rings. The molecule has 0 amide bonds. The van der Waals surface area contributed by atoms with Gasteiger partial charge in [0.25, 0.3) is 0 Å². The van der Waals surface area contributed by atoms with Crippen LogP contribution in [0.15, 0.2) is 24.8 Å². The summed E-state index contributed by atoms with van der Waals surface area (Å²) in [6, 6.07) is 0. The van der Waals surface area contributed by atoms with Gasteiger partial charge in [-0.3, -0.25) is 0 Å². The molecule has 0 bridgehead atoms. The lowest BCUT2D eigenvalue weighted by Crippen LogP contribution is -2.23. The minimum absolute atomic E-state index is 0.392. The van der Waals surface area contributed by atoms with Crippen molar-refractivity contribution in [1.82, 2.24) is 0 Å². The Balaban J connectivity index is 2.47. The third-order valence-electron chi connectivity index (χ3n) is 3.37. The summed E-state index contributed by atoms with van der Waals surface area (Å²) >= 11 is 3.48. The molecule has 0 nitrogen and oxygen atoms in total. The maximum absolute atomic E-state index is 4.10. The van der Waals surface area contributed by atoms with Crippen molar-refractivity contribution in [3.63, 3.8) is 0 Å². The fraction of sp³-hybridized carbons (Fsp3) is 0.667. The molecule has 0 radical (unpaired) electrons. The second kappa shape index (κ2) is 4.45. The van der Waals surface area contributed by atoms with E-state index in [0.29, 0.717) is 5.41 Å². The largest absolute Gasteiger partial charge is 0.103 e. The smallest absolute Gasteiger partial charge is 0.0241 e. The molecule has 0 N–H and O–H groups in total. The predicted molar refractivity (Wildman–Crippen MR) is 63.2 cm³/mol. The Morgan fingerprint density at radius 2 is 2.08 bits per heavy atom. The third-order valence-corrected chi connectivity index (χ3v) is 4.09. The van der Waals surface area contributed by atoms with Crippen molar-refractivity contribution in [2.24, 2.45) is 11.3 Å². The van der Waals surface area contributed by atoms with E-state index in [-0.39, 0.29) is 0 Å². The molecule has 1 rings (SSSR count). The molecule has 0 atom stereocenters. The number of alkyl halides is 1. The van der Waals surface area contributed by atoms with E-state index in [2.05, 4.69) is 42.1 Å². The number of rotatable bonds is 3. The van der Waals surface area contributed by atoms with Gasteiger partial charge in [0.1, 0.15) is 0 Å². The van der Waals surface area contributed by atoms with Gasteiger partial charge in [0.05, 0.1) is 0 Å². The number of halogens is 1. The lowest BCUT2D eigenvalue weighted by Gasteiger charge is -2.35. The summed E-state index contributed by atoms with van der Waals surface area (Å²) in [6.45, 7) is 10.3. The van der Waals surface area contributed by atoms with E-state index >= 15 is 0 Å². The van der Waals surface area contributed by atoms with Crippen LogP contribution in [0, 0.1) is 11.3 Å². The SMILES string of the molecule is C=C[C@]1(C)CC[C@@H](C(=C)CBr)CC1. The second-order valence-electron chi connectivity index (χ2n) is 4.42. The van der Waals surface area contributed by atoms with Crippen molar-refractivity contribution in [2.45, 2.75) is 32.6 Å². The van der Waals surface area contributed by atoms with Crippen LogP contribution in [-0.2, 0) is 0 Å². The molecule has 1 heteroatoms. The van der Waals surface area contributed by atoms with E-state index in [9.17, 15) is 0 Å². The monoisotopic (exact) mass is 242 g/mol. The Hall–Kier alpha value is -0.0400. The van der Waals surface area contributed by atoms with Gasteiger partial charge in [-0.25, -0.2) is 0 Å². The van der Waals surface area contributed by atoms with Crippen molar-refractivity contribution in [2.75, 3.05) is 5.33 Å². The first kappa shape index (κ1) is 11.0. The lowest BCUT2D eigenvalue weighted by molar-refractivity contribution is 0.243. The van der Waals surface area contributed by atoms with E-state index in [1.165, 1.54) is 31.3 Å². The Morgan fingerprint density at radius 3 is 2.46 bits per heavy atom. The standard InChI is InChI=1S/C12H19Br/c1-4-12(3)7-5-11(6-8-12)10(2)9-13/h4,11H,1-2,5-9H2,3H3/t11-,12-. The zero-order valence-electron chi connectivity index (χ0n) is 8.48. The molecule has 74 valence electrons. The number of hydrogen-bond acceptors (Lipinski definition) is 0. The van der Waals surface area contributed by atoms with Crippen molar-refractivity contribution < 1.29 is 0 Å². The average molecular weight is 243 g/mol. The summed E-state index contributed by atoms with van der Waals surface area (Å²) in [5.74, 6) is 0.743. The minimum atomic E-state index is 0.392. The van der Waals surface area contributed by atoms with Gasteiger partial charge in [0, 0.05) is 5.33 Å². The van der Waals surface area contributed by atoms with Crippen LogP contribution >= 0.6 is 15.9 Å². The van der Waals surface area contributed by atoms with Crippen LogP contribution in [-0.4, -0.2) is 5.33 Å². The number of hydrogen-bond donors (Lipinski definition) is 0. The first-order valence-electron chi connectivity index (χ1n) is 4.98. The van der Waals surface area contributed by atoms with Crippen LogP contribution in [0.4, 0.5) is 0 Å². The maximum Gasteiger partial charge on any atom is 0.0241 e. The molecule has 0 heterocycles. The molecule has 1 saturated carbocycles. The highest BCUT2D eigenvalue weighted by Crippen LogP contribution is 2.41. The van der Waals surface area contributed by atoms with Gasteiger partial charge in [-0.2, -0.15) is 0 Å². The zero-order chi connectivity index (χ0) is 9.90. The van der Waals surface area contributed by atoms with Crippen LogP contribution in [0.5, 0.6) is 0 Å². The van der Waals surface area contributed by atoms with Gasteiger partial charge in [-0.15, -0.1) is 6.58 Å². The highest BCUT2D eigenvalue weighted by Gasteiger charge is 2.28. The highest BCUT2D eigenvalue weighted by molar-refractivity contribution is 9.09. The van der Waals surface area contributed by atoms with E-state index in [0.717, 1.165) is 11.2 Å². The molecule has 0 spiro atoms. The first-order valence-corrected chi connectivity index (χ1v) is 6.11. The quantitative estimate of drug-likeness (QED) is 0.511. The molecule has 0 aromatic carbocycles. The average Bonchev–Trinajstić information content (AvgIpc) is 2.18. The Morgan fingerprint density at radius 1 is 1.54 bits per heavy atom. The van der Waals surface area contributed by atoms with E-state index < -0.39 is 0 Å². The highest BCUT2D eigenvalue weighted by atomic mass is 79.9. The van der Waals surface area contributed by atoms with Crippen molar-refractivity contribution in [1.29, 1.82) is 0 Å². The molecule has 1 aliphatic rings. The van der Waals surface area contributed by atoms with Gasteiger partial charge < -0.3 is 0 Å². The summed E-state index contributed by atoms with van der Waals surface area (Å²) in [4.78, 5) is 0. The van der Waals surface area contributed by atoms with E-state index in [4.69, 9.17) is 0 Å². The van der Waals surface area contributed by atoms with E-state index in [1.807, 2.05) is 0 Å². The maximum atomic E-state index is 4.10. The summed E-state index contributed by atoms with van der Waals surface area (Å²) in [6.07, 6.45) is 7.24. The third kappa shape index (κ3) is 2.70. The molecule has 0 saturated heterocycles. The summed E-state index contributed by atoms with van der Waals surface area (Å²) in [5, 5.41) is 0.961. The van der Waals surface area contributed by atoms with E-state index in [1.54, 1.807) is 0 Å². The fourth-order valence-electron chi connectivity index (χ4n) is 2.00. The molecule has 0 unspecified atom stereocenters. The van der Waals surface area contributed by atoms with Crippen LogP contribution in [0.25, 0.3) is 0 Å². The Labute approximate surface area is 90.2 Å². The molecule has 1 fully saturated rings. The van der Waals surface area contributed by atoms with Gasteiger partial charge >= 0.3 is 0 Å². The molecular weight excluding hydrogens is 224 g/mol. The minimum Gasteiger partial charge on any atom is -0.103 e. The lowest BCUT2D eigenvalue weighted by atomic mass is 9.70. The van der Waals surface area contributed by atoms with Gasteiger partial charge in [-0.05, 0) is 37.0 Å². The predicted octanol–water partition coefficient (Wildman–Crippen LogP) is 4.32. The Bertz CT molecular complexity index is 197. The van der Waals surface area contributed by atoms with Gasteiger partial charge in [0.2, 0.25) is 0 Å². The fourth-order valence-corrected chi connectivity index (χ4v) is 2.46. The molecule has 0 aromatic heterocycles. The van der Waals surface area contributed by atoms with Crippen LogP contribution in [0.2, 0.25) is 0 Å². The molecular formula is C12H19Br. The number of allylic oxidation sites excluding steroid dienone is 2. The van der Waals surface area contributed by atoms with Gasteiger partial charge in [0.15, 0.2) is 0 Å². The van der Waals surface area contributed by atoms with Gasteiger partial charge in [-0.1, -0.05) is 41.1 Å². The first-order chi connectivity index (χ1) is 6.11. The van der Waals surface area contributed by atoms with Crippen molar-refractivity contribution in [3.8, 4) is 0 Å². The topological polar surface area (TPSA) is 0 Å². The molecule has 1 aliphatic carbocycles. The normalized spacial score (nSPS) is 34.2. The summed E-state index contributed by atoms with van der Waals surface area (Å²) in [5.41, 5.74) is 1.76. The Kier molecular flexibility index (Phi) is 3.78. The molecule has 0 aliphatic heterocycles. The van der Waals surface area contributed by atoms with Crippen molar-refractivity contribution >= 4 is 15.9 Å². The van der Waals surface area contributed by atoms with Crippen molar-refractivity contribution in [3.05, 3.63) is 24.8 Å². The summed E-state index contributed by atoms with van der Waals surface area (Å²) < 4.78 is 0. The summed E-state index contributed by atoms with van der Waals surface area (Å²) in [7, 11) is 0.